The molecule has 0 bridgehead atoms. The monoisotopic (exact) mass is 652 g/mol. The second-order valence-corrected chi connectivity index (χ2v) is 12.2. The van der Waals surface area contributed by atoms with Crippen molar-refractivity contribution < 1.29 is 34.4 Å². The number of aryl methyl sites for hydroxylation is 1. The highest BCUT2D eigenvalue weighted by Gasteiger charge is 2.39. The van der Waals surface area contributed by atoms with Gasteiger partial charge in [0.05, 0.1) is 56.1 Å². The number of anilines is 5. The van der Waals surface area contributed by atoms with Crippen molar-refractivity contribution in [3.8, 4) is 5.75 Å². The van der Waals surface area contributed by atoms with Crippen molar-refractivity contribution in [2.24, 2.45) is 0 Å². The summed E-state index contributed by atoms with van der Waals surface area (Å²) in [5.74, 6) is -3.44. The quantitative estimate of drug-likeness (QED) is 0.105. The zero-order valence-electron chi connectivity index (χ0n) is 26.5. The number of nitrogens with zero attached hydrogens (tertiary/aromatic N) is 3. The van der Waals surface area contributed by atoms with E-state index in [0.717, 1.165) is 16.8 Å². The summed E-state index contributed by atoms with van der Waals surface area (Å²) in [5, 5.41) is 34.2. The fraction of sp³-hybridized carbons (Fsp3) is 0.132. The van der Waals surface area contributed by atoms with Crippen LogP contribution in [0.3, 0.4) is 0 Å². The standard InChI is InChI=1S/C38H28N4O7/c1-17-8-4-15-28(43)29(17)38(48)49-19(3)21-10-6-12-24-31(21)41-34-30-18(2)20-9-5-13-25-35(20)42(27(30)16-23(37(46)47)33(34)39-24)26-14-7-11-22(36(44)45)32(26)40-25/h4-16,18-19,40,43H,1-3H3,(H,44,45)(H,46,47). The molecule has 2 aliphatic rings. The lowest BCUT2D eigenvalue weighted by atomic mass is 9.82. The van der Waals surface area contributed by atoms with Gasteiger partial charge in [0.15, 0.2) is 0 Å². The van der Waals surface area contributed by atoms with E-state index in [1.807, 2.05) is 30.0 Å². The molecule has 2 unspecified atom stereocenters. The molecule has 11 nitrogen and oxygen atoms in total. The molecule has 2 atom stereocenters. The summed E-state index contributed by atoms with van der Waals surface area (Å²) in [7, 11) is 0. The molecule has 0 aliphatic carbocycles. The normalized spacial score (nSPS) is 14.8. The van der Waals surface area contributed by atoms with E-state index in [1.54, 1.807) is 62.4 Å². The van der Waals surface area contributed by atoms with Gasteiger partial charge in [-0.05, 0) is 61.4 Å². The predicted octanol–water partition coefficient (Wildman–Crippen LogP) is 8.10. The molecule has 3 heterocycles. The Bertz CT molecular complexity index is 2440. The Kier molecular flexibility index (Phi) is 6.57. The molecule has 0 saturated carbocycles. The number of carboxylic acids is 2. The number of nitrogens with one attached hydrogen (secondary N) is 1. The van der Waals surface area contributed by atoms with Gasteiger partial charge in [-0.1, -0.05) is 49.4 Å². The number of aromatic nitrogens is 2. The van der Waals surface area contributed by atoms with Gasteiger partial charge in [-0.15, -0.1) is 0 Å². The summed E-state index contributed by atoms with van der Waals surface area (Å²) in [6.07, 6.45) is -0.810. The molecule has 11 heteroatoms. The number of benzene rings is 5. The molecule has 5 aromatic carbocycles. The van der Waals surface area contributed by atoms with Crippen molar-refractivity contribution >= 4 is 68.4 Å². The molecule has 2 aliphatic heterocycles. The van der Waals surface area contributed by atoms with Crippen LogP contribution in [0.25, 0.3) is 22.1 Å². The molecule has 0 saturated heterocycles. The first-order chi connectivity index (χ1) is 23.5. The maximum absolute atomic E-state index is 13.2. The molecule has 0 amide bonds. The first-order valence-corrected chi connectivity index (χ1v) is 15.6. The largest absolute Gasteiger partial charge is 0.507 e. The Hall–Kier alpha value is -6.49. The number of carbonyl (C=O) groups excluding carboxylic acids is 1. The van der Waals surface area contributed by atoms with Gasteiger partial charge in [0.25, 0.3) is 0 Å². The van der Waals surface area contributed by atoms with Gasteiger partial charge >= 0.3 is 17.9 Å². The Morgan fingerprint density at radius 3 is 2.35 bits per heavy atom. The minimum absolute atomic E-state index is 0.0642. The number of ether oxygens (including phenoxy) is 1. The number of aromatic hydroxyl groups is 1. The number of hydrogen-bond donors (Lipinski definition) is 4. The van der Waals surface area contributed by atoms with E-state index in [0.29, 0.717) is 50.4 Å². The van der Waals surface area contributed by atoms with Crippen molar-refractivity contribution in [3.05, 3.63) is 118 Å². The summed E-state index contributed by atoms with van der Waals surface area (Å²) in [6.45, 7) is 5.43. The van der Waals surface area contributed by atoms with E-state index in [9.17, 15) is 29.7 Å². The third-order valence-electron chi connectivity index (χ3n) is 9.41. The van der Waals surface area contributed by atoms with Crippen molar-refractivity contribution in [2.75, 3.05) is 10.2 Å². The Morgan fingerprint density at radius 1 is 0.857 bits per heavy atom. The SMILES string of the molecule is Cc1cccc(O)c1C(=O)OC(C)c1cccc2nc3c(C(=O)O)cc4c(c3nc12)C(C)c1cccc2c1N4c1cccc(C(=O)O)c1N2. The molecule has 1 aromatic heterocycles. The van der Waals surface area contributed by atoms with Gasteiger partial charge < -0.3 is 30.3 Å². The second-order valence-electron chi connectivity index (χ2n) is 12.2. The van der Waals surface area contributed by atoms with Crippen LogP contribution in [0, 0.1) is 6.92 Å². The highest BCUT2D eigenvalue weighted by Crippen LogP contribution is 2.58. The summed E-state index contributed by atoms with van der Waals surface area (Å²) in [6, 6.07) is 22.3. The van der Waals surface area contributed by atoms with Crippen LogP contribution in [0.15, 0.2) is 78.9 Å². The minimum Gasteiger partial charge on any atom is -0.507 e. The van der Waals surface area contributed by atoms with E-state index in [4.69, 9.17) is 14.7 Å². The van der Waals surface area contributed by atoms with Gasteiger partial charge in [-0.2, -0.15) is 0 Å². The van der Waals surface area contributed by atoms with Gasteiger partial charge in [-0.3, -0.25) is 0 Å². The summed E-state index contributed by atoms with van der Waals surface area (Å²) in [4.78, 5) is 50.2. The number of hydrogen-bond acceptors (Lipinski definition) is 9. The van der Waals surface area contributed by atoms with E-state index in [-0.39, 0.29) is 33.9 Å². The Morgan fingerprint density at radius 2 is 1.59 bits per heavy atom. The third kappa shape index (κ3) is 4.39. The molecule has 242 valence electrons. The number of fused-ring (bicyclic) bond motifs is 7. The fourth-order valence-electron chi connectivity index (χ4n) is 7.14. The number of esters is 1. The topological polar surface area (TPSA) is 162 Å². The predicted molar refractivity (Wildman–Crippen MR) is 183 cm³/mol. The number of phenolic OH excluding ortho intramolecular Hbond substituents is 1. The summed E-state index contributed by atoms with van der Waals surface area (Å²) < 4.78 is 5.85. The number of rotatable bonds is 5. The molecule has 8 rings (SSSR count). The molecular weight excluding hydrogens is 624 g/mol. The number of carbonyl (C=O) groups is 3. The molecule has 4 N–H and O–H groups in total. The number of phenols is 1. The third-order valence-corrected chi connectivity index (χ3v) is 9.41. The van der Waals surface area contributed by atoms with Gasteiger partial charge in [0.2, 0.25) is 0 Å². The van der Waals surface area contributed by atoms with Crippen LogP contribution < -0.4 is 10.2 Å². The molecule has 6 aromatic rings. The van der Waals surface area contributed by atoms with Crippen LogP contribution in [0.2, 0.25) is 0 Å². The van der Waals surface area contributed by atoms with Crippen molar-refractivity contribution in [2.45, 2.75) is 32.8 Å². The van der Waals surface area contributed by atoms with Crippen LogP contribution in [-0.4, -0.2) is 43.2 Å². The number of para-hydroxylation sites is 3. The maximum Gasteiger partial charge on any atom is 0.342 e. The Labute approximate surface area is 279 Å². The first-order valence-electron chi connectivity index (χ1n) is 15.6. The first kappa shape index (κ1) is 29.9. The average molecular weight is 653 g/mol. The van der Waals surface area contributed by atoms with Gasteiger partial charge in [-0.25, -0.2) is 24.4 Å². The highest BCUT2D eigenvalue weighted by molar-refractivity contribution is 6.12. The second kappa shape index (κ2) is 10.8. The number of aromatic carboxylic acids is 2. The van der Waals surface area contributed by atoms with Crippen molar-refractivity contribution in [3.63, 3.8) is 0 Å². The number of carboxylic acid groups (broad SMARTS) is 2. The van der Waals surface area contributed by atoms with Crippen LogP contribution in [-0.2, 0) is 4.74 Å². The zero-order chi connectivity index (χ0) is 34.3. The lowest BCUT2D eigenvalue weighted by Crippen LogP contribution is -2.27. The molecule has 0 radical (unpaired) electrons. The van der Waals surface area contributed by atoms with Crippen molar-refractivity contribution in [1.29, 1.82) is 0 Å². The Balaban J connectivity index is 1.37. The van der Waals surface area contributed by atoms with E-state index in [2.05, 4.69) is 5.32 Å². The van der Waals surface area contributed by atoms with Gasteiger partial charge in [0.1, 0.15) is 22.9 Å². The smallest absolute Gasteiger partial charge is 0.342 e. The average Bonchev–Trinajstić information content (AvgIpc) is 3.07. The zero-order valence-corrected chi connectivity index (χ0v) is 26.5. The lowest BCUT2D eigenvalue weighted by molar-refractivity contribution is 0.0335. The van der Waals surface area contributed by atoms with Gasteiger partial charge in [0, 0.05) is 17.0 Å². The van der Waals surface area contributed by atoms with Crippen LogP contribution in [0.5, 0.6) is 5.75 Å². The maximum atomic E-state index is 13.2. The highest BCUT2D eigenvalue weighted by atomic mass is 16.5. The molecular formula is C38H28N4O7. The fourth-order valence-corrected chi connectivity index (χ4v) is 7.14. The molecule has 49 heavy (non-hydrogen) atoms. The van der Waals surface area contributed by atoms with E-state index >= 15 is 0 Å². The lowest BCUT2D eigenvalue weighted by Gasteiger charge is -2.42. The summed E-state index contributed by atoms with van der Waals surface area (Å²) in [5.41, 5.74) is 7.23. The van der Waals surface area contributed by atoms with Crippen LogP contribution in [0.4, 0.5) is 28.4 Å². The minimum atomic E-state index is -1.20. The molecule has 0 spiro atoms. The van der Waals surface area contributed by atoms with Crippen molar-refractivity contribution in [1.82, 2.24) is 9.97 Å². The molecule has 0 fully saturated rings. The van der Waals surface area contributed by atoms with Crippen LogP contribution in [0.1, 0.15) is 79.2 Å². The van der Waals surface area contributed by atoms with Crippen LogP contribution >= 0.6 is 0 Å². The summed E-state index contributed by atoms with van der Waals surface area (Å²) >= 11 is 0. The van der Waals surface area contributed by atoms with E-state index in [1.165, 1.54) is 12.1 Å². The van der Waals surface area contributed by atoms with E-state index < -0.39 is 24.0 Å².